The number of aryl methyl sites for hydroxylation is 1. The highest BCUT2D eigenvalue weighted by Crippen LogP contribution is 2.21. The molecule has 0 amide bonds. The molecule has 1 aliphatic heterocycles. The van der Waals surface area contributed by atoms with Gasteiger partial charge in [0.2, 0.25) is 0 Å². The number of esters is 1. The van der Waals surface area contributed by atoms with E-state index >= 15 is 0 Å². The van der Waals surface area contributed by atoms with Crippen LogP contribution in [0.2, 0.25) is 5.02 Å². The third kappa shape index (κ3) is 3.40. The number of carbonyl (C=O) groups excluding carboxylic acids is 1. The predicted molar refractivity (Wildman–Crippen MR) is 85.6 cm³/mol. The lowest BCUT2D eigenvalue weighted by Gasteiger charge is -2.02. The maximum Gasteiger partial charge on any atom is 0.363 e. The Bertz CT molecular complexity index is 720. The summed E-state index contributed by atoms with van der Waals surface area (Å²) in [6.07, 6.45) is 2.99. The largest absolute Gasteiger partial charge is 0.407 e. The van der Waals surface area contributed by atoms with Crippen LogP contribution in [-0.4, -0.2) is 11.9 Å². The van der Waals surface area contributed by atoms with E-state index in [1.807, 2.05) is 41.8 Å². The van der Waals surface area contributed by atoms with Crippen LogP contribution in [0.3, 0.4) is 0 Å². The molecule has 0 fully saturated rings. The molecule has 0 aliphatic carbocycles. The van der Waals surface area contributed by atoms with Gasteiger partial charge in [-0.1, -0.05) is 35.9 Å². The van der Waals surface area contributed by atoms with Crippen molar-refractivity contribution < 1.29 is 9.53 Å². The summed E-state index contributed by atoms with van der Waals surface area (Å²) in [6.45, 7) is 0. The van der Waals surface area contributed by atoms with Crippen LogP contribution in [0, 0.1) is 0 Å². The van der Waals surface area contributed by atoms with Crippen LogP contribution in [0.1, 0.15) is 16.9 Å². The number of benzene rings is 1. The summed E-state index contributed by atoms with van der Waals surface area (Å²) in [5.74, 6) is 0.0558. The summed E-state index contributed by atoms with van der Waals surface area (Å²) in [5.41, 5.74) is 1.38. The second-order valence-electron chi connectivity index (χ2n) is 4.53. The van der Waals surface area contributed by atoms with Crippen LogP contribution in [0.25, 0.3) is 6.08 Å². The molecular formula is C16H12ClNO2S. The van der Waals surface area contributed by atoms with E-state index in [9.17, 15) is 4.79 Å². The van der Waals surface area contributed by atoms with E-state index in [-0.39, 0.29) is 0 Å². The van der Waals surface area contributed by atoms with E-state index in [4.69, 9.17) is 16.3 Å². The first-order chi connectivity index (χ1) is 10.2. The van der Waals surface area contributed by atoms with E-state index in [1.165, 1.54) is 0 Å². The molecule has 2 aromatic rings. The van der Waals surface area contributed by atoms with Gasteiger partial charge in [-0.15, -0.1) is 11.3 Å². The molecule has 5 heteroatoms. The highest BCUT2D eigenvalue weighted by molar-refractivity contribution is 7.10. The zero-order valence-corrected chi connectivity index (χ0v) is 12.7. The molecule has 0 radical (unpaired) electrons. The van der Waals surface area contributed by atoms with E-state index in [0.717, 1.165) is 15.5 Å². The maximum atomic E-state index is 11.8. The third-order valence-electron chi connectivity index (χ3n) is 3.05. The Morgan fingerprint density at radius 2 is 2.05 bits per heavy atom. The summed E-state index contributed by atoms with van der Waals surface area (Å²) in [7, 11) is 0. The van der Waals surface area contributed by atoms with Crippen LogP contribution in [-0.2, 0) is 16.0 Å². The highest BCUT2D eigenvalue weighted by Gasteiger charge is 2.22. The Morgan fingerprint density at radius 3 is 2.81 bits per heavy atom. The van der Waals surface area contributed by atoms with Crippen LogP contribution < -0.4 is 0 Å². The molecule has 0 N–H and O–H groups in total. The number of hydrogen-bond acceptors (Lipinski definition) is 4. The minimum Gasteiger partial charge on any atom is -0.407 e. The molecule has 0 saturated heterocycles. The van der Waals surface area contributed by atoms with Crippen molar-refractivity contribution in [1.82, 2.24) is 0 Å². The van der Waals surface area contributed by atoms with E-state index in [0.29, 0.717) is 24.4 Å². The molecule has 0 bridgehead atoms. The first-order valence-electron chi connectivity index (χ1n) is 6.51. The molecule has 21 heavy (non-hydrogen) atoms. The second kappa shape index (κ2) is 6.24. The summed E-state index contributed by atoms with van der Waals surface area (Å²) in [4.78, 5) is 17.0. The van der Waals surface area contributed by atoms with Crippen molar-refractivity contribution in [2.75, 3.05) is 0 Å². The number of thiophene rings is 1. The van der Waals surface area contributed by atoms with E-state index < -0.39 is 5.97 Å². The quantitative estimate of drug-likeness (QED) is 0.622. The lowest BCUT2D eigenvalue weighted by molar-refractivity contribution is -0.130. The lowest BCUT2D eigenvalue weighted by atomic mass is 10.1. The van der Waals surface area contributed by atoms with Crippen molar-refractivity contribution in [3.05, 3.63) is 62.9 Å². The lowest BCUT2D eigenvalue weighted by Crippen LogP contribution is -2.05. The molecule has 3 nitrogen and oxygen atoms in total. The van der Waals surface area contributed by atoms with Crippen LogP contribution in [0.5, 0.6) is 0 Å². The first-order valence-corrected chi connectivity index (χ1v) is 7.76. The summed E-state index contributed by atoms with van der Waals surface area (Å²) < 4.78 is 5.19. The van der Waals surface area contributed by atoms with Crippen LogP contribution in [0.15, 0.2) is 52.5 Å². The Morgan fingerprint density at radius 1 is 1.19 bits per heavy atom. The molecule has 0 spiro atoms. The molecule has 3 rings (SSSR count). The summed E-state index contributed by atoms with van der Waals surface area (Å²) >= 11 is 7.66. The van der Waals surface area contributed by atoms with Crippen molar-refractivity contribution in [2.24, 2.45) is 4.99 Å². The molecule has 0 atom stereocenters. The number of hydrogen-bond donors (Lipinski definition) is 0. The van der Waals surface area contributed by atoms with Crippen molar-refractivity contribution in [3.63, 3.8) is 0 Å². The van der Waals surface area contributed by atoms with Gasteiger partial charge in [-0.2, -0.15) is 0 Å². The molecule has 1 aromatic heterocycles. The fraction of sp³-hybridized carbons (Fsp3) is 0.125. The van der Waals surface area contributed by atoms with Gasteiger partial charge in [-0.3, -0.25) is 0 Å². The second-order valence-corrected chi connectivity index (χ2v) is 5.92. The summed E-state index contributed by atoms with van der Waals surface area (Å²) in [6, 6.07) is 11.5. The maximum absolute atomic E-state index is 11.8. The minimum atomic E-state index is -0.391. The number of ether oxygens (including phenoxy) is 1. The van der Waals surface area contributed by atoms with Gasteiger partial charge < -0.3 is 4.74 Å². The van der Waals surface area contributed by atoms with Gasteiger partial charge in [0.15, 0.2) is 11.6 Å². The van der Waals surface area contributed by atoms with Gasteiger partial charge in [0.05, 0.1) is 0 Å². The number of rotatable bonds is 4. The standard InChI is InChI=1S/C16H12ClNO2S/c17-13-6-2-1-4-11(13)7-8-15-18-14(16(19)20-15)10-12-5-3-9-21-12/h1-6,9-10H,7-8H2/b14-10+. The fourth-order valence-corrected chi connectivity index (χ4v) is 2.89. The smallest absolute Gasteiger partial charge is 0.363 e. The highest BCUT2D eigenvalue weighted by atomic mass is 35.5. The minimum absolute atomic E-state index is 0.353. The number of halogens is 1. The molecule has 0 saturated carbocycles. The number of nitrogens with zero attached hydrogens (tertiary/aromatic N) is 1. The van der Waals surface area contributed by atoms with Crippen molar-refractivity contribution in [2.45, 2.75) is 12.8 Å². The van der Waals surface area contributed by atoms with Gasteiger partial charge in [0.1, 0.15) is 0 Å². The average molecular weight is 318 g/mol. The molecule has 1 aromatic carbocycles. The number of aliphatic imine (C=N–C) groups is 1. The van der Waals surface area contributed by atoms with Gasteiger partial charge in [-0.05, 0) is 35.6 Å². The molecular weight excluding hydrogens is 306 g/mol. The van der Waals surface area contributed by atoms with Crippen molar-refractivity contribution in [1.29, 1.82) is 0 Å². The monoisotopic (exact) mass is 317 g/mol. The molecule has 106 valence electrons. The van der Waals surface area contributed by atoms with Gasteiger partial charge in [-0.25, -0.2) is 9.79 Å². The third-order valence-corrected chi connectivity index (χ3v) is 4.24. The zero-order chi connectivity index (χ0) is 14.7. The van der Waals surface area contributed by atoms with Crippen molar-refractivity contribution in [3.8, 4) is 0 Å². The number of carbonyl (C=O) groups is 1. The topological polar surface area (TPSA) is 38.7 Å². The van der Waals surface area contributed by atoms with Gasteiger partial charge >= 0.3 is 5.97 Å². The van der Waals surface area contributed by atoms with Crippen LogP contribution in [0.4, 0.5) is 0 Å². The Labute approximate surface area is 131 Å². The van der Waals surface area contributed by atoms with Gasteiger partial charge in [0.25, 0.3) is 0 Å². The summed E-state index contributed by atoms with van der Waals surface area (Å²) in [5, 5.41) is 2.67. The number of cyclic esters (lactones) is 1. The van der Waals surface area contributed by atoms with Crippen LogP contribution >= 0.6 is 22.9 Å². The first kappa shape index (κ1) is 14.0. The predicted octanol–water partition coefficient (Wildman–Crippen LogP) is 4.33. The van der Waals surface area contributed by atoms with Gasteiger partial charge in [0, 0.05) is 16.3 Å². The Kier molecular flexibility index (Phi) is 4.18. The van der Waals surface area contributed by atoms with E-state index in [2.05, 4.69) is 4.99 Å². The van der Waals surface area contributed by atoms with E-state index in [1.54, 1.807) is 17.4 Å². The van der Waals surface area contributed by atoms with Crippen molar-refractivity contribution >= 4 is 40.9 Å². The Hall–Kier alpha value is -1.91. The molecule has 1 aliphatic rings. The SMILES string of the molecule is O=C1OC(CCc2ccccc2Cl)=N/C1=C/c1cccs1. The normalized spacial score (nSPS) is 16.1. The Balaban J connectivity index is 1.70. The fourth-order valence-electron chi connectivity index (χ4n) is 2.01. The average Bonchev–Trinajstić information content (AvgIpc) is 3.09. The molecule has 0 unspecified atom stereocenters. The molecule has 2 heterocycles. The zero-order valence-electron chi connectivity index (χ0n) is 11.1.